The molecule has 6 heteroatoms. The molecule has 3 rings (SSSR count). The van der Waals surface area contributed by atoms with Gasteiger partial charge in [0.05, 0.1) is 5.25 Å². The Hall–Kier alpha value is -0.620. The van der Waals surface area contributed by atoms with Crippen molar-refractivity contribution in [3.05, 3.63) is 0 Å². The Bertz CT molecular complexity index is 487. The van der Waals surface area contributed by atoms with Gasteiger partial charge in [0.1, 0.15) is 5.75 Å². The van der Waals surface area contributed by atoms with E-state index in [0.29, 0.717) is 12.1 Å². The van der Waals surface area contributed by atoms with Gasteiger partial charge < -0.3 is 10.2 Å². The third-order valence-corrected chi connectivity index (χ3v) is 7.66. The Labute approximate surface area is 127 Å². The van der Waals surface area contributed by atoms with Gasteiger partial charge in [-0.2, -0.15) is 0 Å². The van der Waals surface area contributed by atoms with Crippen LogP contribution >= 0.6 is 0 Å². The number of carbonyl (C=O) groups excluding carboxylic acids is 1. The Morgan fingerprint density at radius 1 is 1.10 bits per heavy atom. The van der Waals surface area contributed by atoms with E-state index in [1.807, 2.05) is 0 Å². The lowest BCUT2D eigenvalue weighted by atomic mass is 9.98. The Morgan fingerprint density at radius 2 is 1.67 bits per heavy atom. The van der Waals surface area contributed by atoms with Crippen molar-refractivity contribution in [2.45, 2.75) is 74.7 Å². The highest BCUT2D eigenvalue weighted by atomic mass is 32.2. The molecule has 2 aliphatic heterocycles. The van der Waals surface area contributed by atoms with Crippen molar-refractivity contribution in [2.75, 3.05) is 12.8 Å². The van der Waals surface area contributed by atoms with Gasteiger partial charge in [-0.25, -0.2) is 8.42 Å². The summed E-state index contributed by atoms with van der Waals surface area (Å²) in [5, 5.41) is 3.27. The first-order valence-electron chi connectivity index (χ1n) is 8.19. The van der Waals surface area contributed by atoms with E-state index in [-0.39, 0.29) is 23.0 Å². The topological polar surface area (TPSA) is 66.5 Å². The number of hydrogen-bond donors (Lipinski definition) is 1. The first kappa shape index (κ1) is 15.3. The molecule has 3 fully saturated rings. The maximum absolute atomic E-state index is 12.4. The highest BCUT2D eigenvalue weighted by molar-refractivity contribution is 7.92. The molecule has 1 N–H and O–H groups in total. The van der Waals surface area contributed by atoms with Crippen molar-refractivity contribution in [1.29, 1.82) is 0 Å². The molecular formula is C15H26N2O3S. The van der Waals surface area contributed by atoms with Gasteiger partial charge >= 0.3 is 0 Å². The van der Waals surface area contributed by atoms with Crippen molar-refractivity contribution >= 4 is 15.7 Å². The maximum atomic E-state index is 12.4. The quantitative estimate of drug-likeness (QED) is 0.843. The molecule has 0 aromatic heterocycles. The van der Waals surface area contributed by atoms with Crippen LogP contribution in [0, 0.1) is 0 Å². The molecule has 2 unspecified atom stereocenters. The molecule has 2 saturated heterocycles. The largest absolute Gasteiger partial charge is 0.342 e. The number of sulfone groups is 1. The van der Waals surface area contributed by atoms with E-state index >= 15 is 0 Å². The fourth-order valence-corrected chi connectivity index (χ4v) is 6.02. The number of hydrogen-bond acceptors (Lipinski definition) is 4. The van der Waals surface area contributed by atoms with E-state index in [2.05, 4.69) is 5.32 Å². The second-order valence-electron chi connectivity index (χ2n) is 6.98. The van der Waals surface area contributed by atoms with E-state index in [1.54, 1.807) is 11.9 Å². The first-order valence-corrected chi connectivity index (χ1v) is 9.90. The third kappa shape index (κ3) is 3.26. The molecule has 1 saturated carbocycles. The van der Waals surface area contributed by atoms with Gasteiger partial charge in [0.2, 0.25) is 5.91 Å². The van der Waals surface area contributed by atoms with E-state index in [0.717, 1.165) is 38.5 Å². The van der Waals surface area contributed by atoms with Gasteiger partial charge in [-0.1, -0.05) is 12.8 Å². The molecule has 1 amide bonds. The number of fused-ring (bicyclic) bond motifs is 2. The predicted octanol–water partition coefficient (Wildman–Crippen LogP) is 1.09. The van der Waals surface area contributed by atoms with Gasteiger partial charge in [0.25, 0.3) is 0 Å². The summed E-state index contributed by atoms with van der Waals surface area (Å²) in [7, 11) is -1.48. The third-order valence-electron chi connectivity index (χ3n) is 5.52. The molecule has 120 valence electrons. The Morgan fingerprint density at radius 3 is 2.24 bits per heavy atom. The zero-order valence-electron chi connectivity index (χ0n) is 12.8. The van der Waals surface area contributed by atoms with Gasteiger partial charge in [0.15, 0.2) is 9.84 Å². The van der Waals surface area contributed by atoms with E-state index in [9.17, 15) is 13.2 Å². The number of nitrogens with one attached hydrogen (secondary N) is 1. The molecule has 21 heavy (non-hydrogen) atoms. The molecule has 1 aliphatic carbocycles. The minimum absolute atomic E-state index is 0.204. The van der Waals surface area contributed by atoms with Crippen LogP contribution in [0.1, 0.15) is 51.4 Å². The van der Waals surface area contributed by atoms with Crippen LogP contribution < -0.4 is 5.32 Å². The Kier molecular flexibility index (Phi) is 4.28. The standard InChI is InChI=1S/C15H26N2O3S/c1-17(13-8-11-6-7-12(9-13)16-11)15(18)10-21(19,20)14-4-2-3-5-14/h11-14,16H,2-10H2,1H3. The lowest BCUT2D eigenvalue weighted by Crippen LogP contribution is -2.50. The summed E-state index contributed by atoms with van der Waals surface area (Å²) in [6.45, 7) is 0. The van der Waals surface area contributed by atoms with Crippen molar-refractivity contribution in [2.24, 2.45) is 0 Å². The summed E-state index contributed by atoms with van der Waals surface area (Å²) >= 11 is 0. The highest BCUT2D eigenvalue weighted by Gasteiger charge is 2.38. The first-order chi connectivity index (χ1) is 9.95. The van der Waals surface area contributed by atoms with Crippen LogP contribution in [0.3, 0.4) is 0 Å². The summed E-state index contributed by atoms with van der Waals surface area (Å²) in [6.07, 6.45) is 7.71. The molecule has 3 aliphatic rings. The van der Waals surface area contributed by atoms with Crippen LogP contribution in [0.25, 0.3) is 0 Å². The number of piperidine rings is 1. The van der Waals surface area contributed by atoms with Crippen molar-refractivity contribution in [1.82, 2.24) is 10.2 Å². The normalized spacial score (nSPS) is 33.3. The maximum Gasteiger partial charge on any atom is 0.237 e. The minimum Gasteiger partial charge on any atom is -0.342 e. The number of nitrogens with zero attached hydrogens (tertiary/aromatic N) is 1. The molecule has 0 aromatic carbocycles. The SMILES string of the molecule is CN(C(=O)CS(=O)(=O)C1CCCC1)C1CC2CCC(C1)N2. The molecule has 5 nitrogen and oxygen atoms in total. The summed E-state index contributed by atoms with van der Waals surface area (Å²) in [4.78, 5) is 14.1. The van der Waals surface area contributed by atoms with Crippen LogP contribution in [-0.2, 0) is 14.6 Å². The molecule has 0 aromatic rings. The lowest BCUT2D eigenvalue weighted by molar-refractivity contribution is -0.129. The van der Waals surface area contributed by atoms with Gasteiger partial charge in [-0.05, 0) is 38.5 Å². The molecule has 0 radical (unpaired) electrons. The van der Waals surface area contributed by atoms with Crippen LogP contribution in [0.15, 0.2) is 0 Å². The number of amides is 1. The van der Waals surface area contributed by atoms with Crippen molar-refractivity contribution in [3.8, 4) is 0 Å². The fraction of sp³-hybridized carbons (Fsp3) is 0.933. The number of rotatable bonds is 4. The van der Waals surface area contributed by atoms with Crippen molar-refractivity contribution in [3.63, 3.8) is 0 Å². The molecular weight excluding hydrogens is 288 g/mol. The van der Waals surface area contributed by atoms with Crippen LogP contribution in [0.4, 0.5) is 0 Å². The van der Waals surface area contributed by atoms with E-state index in [4.69, 9.17) is 0 Å². The van der Waals surface area contributed by atoms with Crippen LogP contribution in [0.2, 0.25) is 0 Å². The van der Waals surface area contributed by atoms with E-state index < -0.39 is 9.84 Å². The fourth-order valence-electron chi connectivity index (χ4n) is 4.19. The zero-order chi connectivity index (χ0) is 15.0. The highest BCUT2D eigenvalue weighted by Crippen LogP contribution is 2.30. The van der Waals surface area contributed by atoms with Crippen LogP contribution in [0.5, 0.6) is 0 Å². The van der Waals surface area contributed by atoms with Gasteiger partial charge in [-0.15, -0.1) is 0 Å². The van der Waals surface area contributed by atoms with Crippen LogP contribution in [-0.4, -0.2) is 55.4 Å². The van der Waals surface area contributed by atoms with Gasteiger partial charge in [0, 0.05) is 25.2 Å². The molecule has 0 spiro atoms. The molecule has 2 atom stereocenters. The van der Waals surface area contributed by atoms with Gasteiger partial charge in [-0.3, -0.25) is 4.79 Å². The summed E-state index contributed by atoms with van der Waals surface area (Å²) in [5.41, 5.74) is 0. The molecule has 2 bridgehead atoms. The monoisotopic (exact) mass is 314 g/mol. The smallest absolute Gasteiger partial charge is 0.237 e. The lowest BCUT2D eigenvalue weighted by Gasteiger charge is -2.35. The minimum atomic E-state index is -3.26. The molecule has 2 heterocycles. The summed E-state index contributed by atoms with van der Waals surface area (Å²) in [6, 6.07) is 1.22. The average molecular weight is 314 g/mol. The zero-order valence-corrected chi connectivity index (χ0v) is 13.6. The average Bonchev–Trinajstić information content (AvgIpc) is 3.07. The summed E-state index contributed by atoms with van der Waals surface area (Å²) < 4.78 is 24.6. The predicted molar refractivity (Wildman–Crippen MR) is 81.8 cm³/mol. The second-order valence-corrected chi connectivity index (χ2v) is 9.26. The number of carbonyl (C=O) groups is 1. The van der Waals surface area contributed by atoms with E-state index in [1.165, 1.54) is 12.8 Å². The van der Waals surface area contributed by atoms with Crippen molar-refractivity contribution < 1.29 is 13.2 Å². The Balaban J connectivity index is 1.59. The summed E-state index contributed by atoms with van der Waals surface area (Å²) in [5.74, 6) is -0.513. The second kappa shape index (κ2) is 5.88.